The van der Waals surface area contributed by atoms with Crippen molar-refractivity contribution in [1.29, 1.82) is 0 Å². The van der Waals surface area contributed by atoms with Crippen LogP contribution in [0, 0.1) is 0 Å². The number of hydrogen-bond acceptors (Lipinski definition) is 2. The fourth-order valence-corrected chi connectivity index (χ4v) is 7.58. The normalized spacial score (nSPS) is 11.8. The van der Waals surface area contributed by atoms with E-state index in [1.807, 2.05) is 12.3 Å². The minimum absolute atomic E-state index is 0.824. The molecule has 0 aliphatic rings. The van der Waals surface area contributed by atoms with Crippen molar-refractivity contribution < 1.29 is 8.83 Å². The molecular formula is C46H28O2. The Labute approximate surface area is 277 Å². The van der Waals surface area contributed by atoms with E-state index >= 15 is 0 Å². The summed E-state index contributed by atoms with van der Waals surface area (Å²) < 4.78 is 12.6. The summed E-state index contributed by atoms with van der Waals surface area (Å²) in [5, 5.41) is 8.12. The molecule has 48 heavy (non-hydrogen) atoms. The van der Waals surface area contributed by atoms with E-state index in [2.05, 4.69) is 158 Å². The molecular weight excluding hydrogens is 585 g/mol. The molecule has 0 radical (unpaired) electrons. The van der Waals surface area contributed by atoms with Crippen LogP contribution in [0.5, 0.6) is 0 Å². The van der Waals surface area contributed by atoms with Crippen LogP contribution in [0.15, 0.2) is 179 Å². The molecule has 2 heterocycles. The lowest BCUT2D eigenvalue weighted by atomic mass is 9.85. The Kier molecular flexibility index (Phi) is 5.91. The van der Waals surface area contributed by atoms with Gasteiger partial charge >= 0.3 is 0 Å². The van der Waals surface area contributed by atoms with Gasteiger partial charge in [-0.15, -0.1) is 0 Å². The molecule has 0 aliphatic heterocycles. The minimum Gasteiger partial charge on any atom is -0.464 e. The predicted octanol–water partition coefficient (Wildman–Crippen LogP) is 13.3. The molecule has 8 aromatic carbocycles. The Morgan fingerprint density at radius 1 is 0.333 bits per heavy atom. The summed E-state index contributed by atoms with van der Waals surface area (Å²) in [6.45, 7) is 0. The lowest BCUT2D eigenvalue weighted by Gasteiger charge is -2.18. The molecule has 10 rings (SSSR count). The lowest BCUT2D eigenvalue weighted by Crippen LogP contribution is -1.91. The largest absolute Gasteiger partial charge is 0.464 e. The molecule has 0 unspecified atom stereocenters. The summed E-state index contributed by atoms with van der Waals surface area (Å²) in [6, 6.07) is 58.4. The molecule has 0 bridgehead atoms. The molecule has 0 fully saturated rings. The van der Waals surface area contributed by atoms with Gasteiger partial charge in [0.25, 0.3) is 0 Å². The molecule has 0 N–H and O–H groups in total. The first-order chi connectivity index (χ1) is 23.8. The highest BCUT2D eigenvalue weighted by Gasteiger charge is 2.20. The molecule has 0 atom stereocenters. The van der Waals surface area contributed by atoms with Gasteiger partial charge in [-0.3, -0.25) is 0 Å². The molecule has 2 heteroatoms. The van der Waals surface area contributed by atoms with Crippen molar-refractivity contribution in [3.8, 4) is 44.5 Å². The van der Waals surface area contributed by atoms with Gasteiger partial charge in [-0.05, 0) is 90.8 Å². The zero-order chi connectivity index (χ0) is 31.6. The topological polar surface area (TPSA) is 26.3 Å². The number of furan rings is 2. The van der Waals surface area contributed by atoms with Crippen molar-refractivity contribution in [3.63, 3.8) is 0 Å². The summed E-state index contributed by atoms with van der Waals surface area (Å²) in [4.78, 5) is 0. The lowest BCUT2D eigenvalue weighted by molar-refractivity contribution is 0.616. The van der Waals surface area contributed by atoms with E-state index in [-0.39, 0.29) is 0 Å². The first-order valence-corrected chi connectivity index (χ1v) is 16.3. The van der Waals surface area contributed by atoms with Crippen LogP contribution < -0.4 is 0 Å². The van der Waals surface area contributed by atoms with Gasteiger partial charge in [0.05, 0.1) is 11.6 Å². The third-order valence-electron chi connectivity index (χ3n) is 9.74. The van der Waals surface area contributed by atoms with Crippen LogP contribution in [0.1, 0.15) is 0 Å². The average Bonchev–Trinajstić information content (AvgIpc) is 3.76. The quantitative estimate of drug-likeness (QED) is 0.185. The smallest absolute Gasteiger partial charge is 0.147 e. The fourth-order valence-electron chi connectivity index (χ4n) is 7.58. The van der Waals surface area contributed by atoms with Gasteiger partial charge in [0.2, 0.25) is 0 Å². The maximum atomic E-state index is 6.62. The van der Waals surface area contributed by atoms with Crippen LogP contribution in [0.4, 0.5) is 0 Å². The molecule has 0 aliphatic carbocycles. The third-order valence-corrected chi connectivity index (χ3v) is 9.74. The molecule has 2 nitrogen and oxygen atoms in total. The van der Waals surface area contributed by atoms with Gasteiger partial charge in [0, 0.05) is 16.3 Å². The Morgan fingerprint density at radius 3 is 1.54 bits per heavy atom. The second kappa shape index (κ2) is 10.6. The molecule has 224 valence electrons. The number of hydrogen-bond donors (Lipinski definition) is 0. The standard InChI is InChI=1S/C46H28O2/c1-3-12-29(13-4-1)31-16-11-17-32(26-31)43-34-18-7-9-20-36(34)44(37-21-10-8-19-35(37)43)33-22-24-41-39(27-33)38-23-25-42-45(46(38)48-41)40(28-47-42)30-14-5-2-6-15-30/h1-28H. The Hall–Kier alpha value is -6.38. The maximum absolute atomic E-state index is 6.62. The van der Waals surface area contributed by atoms with Gasteiger partial charge in [-0.25, -0.2) is 0 Å². The van der Waals surface area contributed by atoms with Gasteiger partial charge in [0.1, 0.15) is 16.7 Å². The van der Waals surface area contributed by atoms with E-state index in [0.29, 0.717) is 0 Å². The van der Waals surface area contributed by atoms with Crippen molar-refractivity contribution in [2.24, 2.45) is 0 Å². The summed E-state index contributed by atoms with van der Waals surface area (Å²) in [5.74, 6) is 0. The third kappa shape index (κ3) is 4.06. The van der Waals surface area contributed by atoms with Crippen LogP contribution in [0.25, 0.3) is 99.0 Å². The van der Waals surface area contributed by atoms with Crippen molar-refractivity contribution >= 4 is 54.5 Å². The van der Waals surface area contributed by atoms with Crippen LogP contribution in [-0.2, 0) is 0 Å². The van der Waals surface area contributed by atoms with Gasteiger partial charge in [-0.1, -0.05) is 133 Å². The average molecular weight is 613 g/mol. The highest BCUT2D eigenvalue weighted by Crippen LogP contribution is 2.46. The molecule has 0 saturated carbocycles. The van der Waals surface area contributed by atoms with Gasteiger partial charge in [0.15, 0.2) is 0 Å². The monoisotopic (exact) mass is 612 g/mol. The van der Waals surface area contributed by atoms with Crippen LogP contribution in [0.2, 0.25) is 0 Å². The van der Waals surface area contributed by atoms with Crippen LogP contribution >= 0.6 is 0 Å². The molecule has 2 aromatic heterocycles. The van der Waals surface area contributed by atoms with Crippen molar-refractivity contribution in [1.82, 2.24) is 0 Å². The second-order valence-electron chi connectivity index (χ2n) is 12.4. The Morgan fingerprint density at radius 2 is 0.875 bits per heavy atom. The highest BCUT2D eigenvalue weighted by atomic mass is 16.3. The molecule has 0 amide bonds. The zero-order valence-electron chi connectivity index (χ0n) is 26.0. The van der Waals surface area contributed by atoms with Crippen molar-refractivity contribution in [2.75, 3.05) is 0 Å². The molecule has 10 aromatic rings. The zero-order valence-corrected chi connectivity index (χ0v) is 26.0. The summed E-state index contributed by atoms with van der Waals surface area (Å²) in [6.07, 6.45) is 1.84. The van der Waals surface area contributed by atoms with E-state index < -0.39 is 0 Å². The first-order valence-electron chi connectivity index (χ1n) is 16.3. The minimum atomic E-state index is 0.824. The summed E-state index contributed by atoms with van der Waals surface area (Å²) >= 11 is 0. The molecule has 0 saturated heterocycles. The van der Waals surface area contributed by atoms with E-state index in [1.54, 1.807) is 0 Å². The van der Waals surface area contributed by atoms with E-state index in [9.17, 15) is 0 Å². The summed E-state index contributed by atoms with van der Waals surface area (Å²) in [5.41, 5.74) is 12.0. The second-order valence-corrected chi connectivity index (χ2v) is 12.4. The number of benzene rings is 8. The number of fused-ring (bicyclic) bond motifs is 7. The number of rotatable bonds is 4. The van der Waals surface area contributed by atoms with Gasteiger partial charge < -0.3 is 8.83 Å². The predicted molar refractivity (Wildman–Crippen MR) is 200 cm³/mol. The Bertz CT molecular complexity index is 2760. The van der Waals surface area contributed by atoms with E-state index in [0.717, 1.165) is 49.6 Å². The van der Waals surface area contributed by atoms with Crippen LogP contribution in [-0.4, -0.2) is 0 Å². The Balaban J connectivity index is 1.22. The van der Waals surface area contributed by atoms with Gasteiger partial charge in [-0.2, -0.15) is 0 Å². The first kappa shape index (κ1) is 26.8. The molecule has 0 spiro atoms. The van der Waals surface area contributed by atoms with Crippen LogP contribution in [0.3, 0.4) is 0 Å². The fraction of sp³-hybridized carbons (Fsp3) is 0. The van der Waals surface area contributed by atoms with E-state index in [4.69, 9.17) is 8.83 Å². The van der Waals surface area contributed by atoms with E-state index in [1.165, 1.54) is 49.4 Å². The maximum Gasteiger partial charge on any atom is 0.147 e. The van der Waals surface area contributed by atoms with Crippen molar-refractivity contribution in [3.05, 3.63) is 170 Å². The SMILES string of the molecule is c1ccc(-c2cccc(-c3c4ccccc4c(-c4ccc5oc6c(ccc7occ(-c8ccccc8)c76)c5c4)c4ccccc34)c2)cc1. The van der Waals surface area contributed by atoms with Crippen molar-refractivity contribution in [2.45, 2.75) is 0 Å². The highest BCUT2D eigenvalue weighted by molar-refractivity contribution is 6.23. The summed E-state index contributed by atoms with van der Waals surface area (Å²) in [7, 11) is 0.